The van der Waals surface area contributed by atoms with Crippen LogP contribution in [0.4, 0.5) is 5.82 Å². The molecule has 10 nitrogen and oxygen atoms in total. The number of fused-ring (bicyclic) bond motifs is 1. The van der Waals surface area contributed by atoms with E-state index in [1.54, 1.807) is 31.0 Å². The molecule has 1 aliphatic heterocycles. The van der Waals surface area contributed by atoms with Gasteiger partial charge >= 0.3 is 0 Å². The Bertz CT molecular complexity index is 1240. The van der Waals surface area contributed by atoms with Crippen LogP contribution in [0, 0.1) is 6.92 Å². The maximum atomic E-state index is 13.4. The van der Waals surface area contributed by atoms with Crippen LogP contribution in [0.5, 0.6) is 23.0 Å². The average Bonchev–Trinajstić information content (AvgIpc) is 3.15. The molecule has 2 N–H and O–H groups in total. The van der Waals surface area contributed by atoms with E-state index in [1.165, 1.54) is 21.3 Å². The largest absolute Gasteiger partial charge is 0.497 e. The first-order valence-corrected chi connectivity index (χ1v) is 10.9. The van der Waals surface area contributed by atoms with Crippen molar-refractivity contribution >= 4 is 17.6 Å². The minimum Gasteiger partial charge on any atom is -0.497 e. The summed E-state index contributed by atoms with van der Waals surface area (Å²) in [5.74, 6) is 1.05. The van der Waals surface area contributed by atoms with E-state index in [2.05, 4.69) is 15.7 Å². The second kappa shape index (κ2) is 9.57. The van der Waals surface area contributed by atoms with Gasteiger partial charge in [-0.05, 0) is 36.8 Å². The van der Waals surface area contributed by atoms with Crippen LogP contribution in [0.2, 0.25) is 0 Å². The highest BCUT2D eigenvalue weighted by atomic mass is 16.5. The highest BCUT2D eigenvalue weighted by molar-refractivity contribution is 6.04. The molecular weight excluding hydrogens is 452 g/mol. The topological polar surface area (TPSA) is 113 Å². The van der Waals surface area contributed by atoms with Crippen molar-refractivity contribution in [2.45, 2.75) is 18.9 Å². The van der Waals surface area contributed by atoms with E-state index in [0.29, 0.717) is 28.8 Å². The fourth-order valence-corrected chi connectivity index (χ4v) is 4.46. The molecule has 2 aromatic carbocycles. The zero-order chi connectivity index (χ0) is 25.3. The van der Waals surface area contributed by atoms with E-state index in [1.807, 2.05) is 31.2 Å². The summed E-state index contributed by atoms with van der Waals surface area (Å²) in [6.45, 7) is 1.88. The maximum absolute atomic E-state index is 13.4. The number of carbonyl (C=O) groups is 2. The number of amides is 2. The maximum Gasteiger partial charge on any atom is 0.252 e. The van der Waals surface area contributed by atoms with E-state index in [9.17, 15) is 9.59 Å². The van der Waals surface area contributed by atoms with Crippen molar-refractivity contribution in [2.75, 3.05) is 33.8 Å². The lowest BCUT2D eigenvalue weighted by Gasteiger charge is -2.32. The van der Waals surface area contributed by atoms with Crippen LogP contribution in [0.3, 0.4) is 0 Å². The highest BCUT2D eigenvalue weighted by Crippen LogP contribution is 2.41. The first kappa shape index (κ1) is 23.9. The van der Waals surface area contributed by atoms with E-state index in [4.69, 9.17) is 18.9 Å². The monoisotopic (exact) mass is 480 g/mol. The highest BCUT2D eigenvalue weighted by Gasteiger charge is 2.41. The molecule has 0 aliphatic carbocycles. The van der Waals surface area contributed by atoms with Crippen molar-refractivity contribution in [3.8, 4) is 23.0 Å². The Morgan fingerprint density at radius 3 is 2.17 bits per heavy atom. The van der Waals surface area contributed by atoms with Crippen LogP contribution in [0.25, 0.3) is 0 Å². The van der Waals surface area contributed by atoms with E-state index < -0.39 is 17.9 Å². The summed E-state index contributed by atoms with van der Waals surface area (Å²) in [5, 5.41) is 10.3. The number of anilines is 1. The third kappa shape index (κ3) is 4.23. The van der Waals surface area contributed by atoms with Crippen molar-refractivity contribution in [3.05, 3.63) is 58.8 Å². The van der Waals surface area contributed by atoms with Crippen LogP contribution < -0.4 is 29.6 Å². The predicted octanol–water partition coefficient (Wildman–Crippen LogP) is 2.65. The van der Waals surface area contributed by atoms with Gasteiger partial charge in [0.1, 0.15) is 17.6 Å². The normalized spacial score (nSPS) is 16.7. The van der Waals surface area contributed by atoms with Gasteiger partial charge in [0.15, 0.2) is 11.5 Å². The SMILES string of the molecule is COc1ccc(C2c3c(C)nn(C)c3NC(=O)C2NC(=O)c2cc(OC)c(OC)c(OC)c2)cc1. The van der Waals surface area contributed by atoms with Gasteiger partial charge in [0.25, 0.3) is 5.91 Å². The van der Waals surface area contributed by atoms with Crippen LogP contribution in [0.15, 0.2) is 36.4 Å². The molecule has 0 saturated carbocycles. The van der Waals surface area contributed by atoms with Crippen molar-refractivity contribution < 1.29 is 28.5 Å². The number of hydrogen-bond acceptors (Lipinski definition) is 7. The zero-order valence-corrected chi connectivity index (χ0v) is 20.5. The first-order valence-electron chi connectivity index (χ1n) is 10.9. The molecule has 1 aromatic heterocycles. The minimum absolute atomic E-state index is 0.259. The molecule has 35 heavy (non-hydrogen) atoms. The van der Waals surface area contributed by atoms with Crippen molar-refractivity contribution in [2.24, 2.45) is 7.05 Å². The predicted molar refractivity (Wildman–Crippen MR) is 129 cm³/mol. The van der Waals surface area contributed by atoms with E-state index >= 15 is 0 Å². The zero-order valence-electron chi connectivity index (χ0n) is 20.5. The van der Waals surface area contributed by atoms with Gasteiger partial charge in [-0.1, -0.05) is 12.1 Å². The van der Waals surface area contributed by atoms with Gasteiger partial charge in [-0.3, -0.25) is 14.3 Å². The molecule has 2 amide bonds. The van der Waals surface area contributed by atoms with Gasteiger partial charge in [-0.25, -0.2) is 0 Å². The molecule has 10 heteroatoms. The molecule has 0 fully saturated rings. The van der Waals surface area contributed by atoms with Gasteiger partial charge in [0, 0.05) is 24.1 Å². The Balaban J connectivity index is 1.76. The van der Waals surface area contributed by atoms with Gasteiger partial charge in [0.2, 0.25) is 11.7 Å². The van der Waals surface area contributed by atoms with Gasteiger partial charge in [-0.2, -0.15) is 5.10 Å². The molecule has 2 unspecified atom stereocenters. The second-order valence-corrected chi connectivity index (χ2v) is 8.08. The standard InChI is InChI=1S/C25H28N4O6/c1-13-19-20(14-7-9-16(32-3)10-8-14)21(25(31)27-23(19)29(2)28-13)26-24(30)15-11-17(33-4)22(35-6)18(12-15)34-5/h7-12,20-21H,1-6H3,(H,26,30)(H,27,31). The van der Waals surface area contributed by atoms with Crippen LogP contribution in [-0.4, -0.2) is 56.1 Å². The summed E-state index contributed by atoms with van der Waals surface area (Å²) >= 11 is 0. The lowest BCUT2D eigenvalue weighted by Crippen LogP contribution is -2.50. The lowest BCUT2D eigenvalue weighted by molar-refractivity contribution is -0.118. The molecule has 2 heterocycles. The molecule has 1 aliphatic rings. The quantitative estimate of drug-likeness (QED) is 0.535. The number of rotatable bonds is 7. The fraction of sp³-hybridized carbons (Fsp3) is 0.320. The number of hydrogen-bond donors (Lipinski definition) is 2. The summed E-state index contributed by atoms with van der Waals surface area (Å²) in [6.07, 6.45) is 0. The Kier molecular flexibility index (Phi) is 6.54. The summed E-state index contributed by atoms with van der Waals surface area (Å²) in [4.78, 5) is 26.7. The number of methoxy groups -OCH3 is 4. The number of ether oxygens (including phenoxy) is 4. The number of benzene rings is 2. The minimum atomic E-state index is -0.898. The molecule has 184 valence electrons. The summed E-state index contributed by atoms with van der Waals surface area (Å²) in [7, 11) is 7.79. The molecule has 3 aromatic rings. The van der Waals surface area contributed by atoms with Gasteiger partial charge < -0.3 is 29.6 Å². The molecule has 0 spiro atoms. The number of nitrogens with one attached hydrogen (secondary N) is 2. The number of nitrogens with zero attached hydrogens (tertiary/aromatic N) is 2. The second-order valence-electron chi connectivity index (χ2n) is 8.08. The number of carbonyl (C=O) groups excluding carboxylic acids is 2. The van der Waals surface area contributed by atoms with Crippen molar-refractivity contribution in [1.29, 1.82) is 0 Å². The summed E-state index contributed by atoms with van der Waals surface area (Å²) in [6, 6.07) is 9.61. The first-order chi connectivity index (χ1) is 16.8. The molecule has 0 radical (unpaired) electrons. The van der Waals surface area contributed by atoms with E-state index in [-0.39, 0.29) is 11.5 Å². The molecule has 4 rings (SSSR count). The lowest BCUT2D eigenvalue weighted by atomic mass is 9.82. The van der Waals surface area contributed by atoms with Crippen LogP contribution in [-0.2, 0) is 11.8 Å². The molecular formula is C25H28N4O6. The Hall–Kier alpha value is -4.21. The Labute approximate surface area is 203 Å². The van der Waals surface area contributed by atoms with E-state index in [0.717, 1.165) is 16.8 Å². The Morgan fingerprint density at radius 2 is 1.63 bits per heavy atom. The summed E-state index contributed by atoms with van der Waals surface area (Å²) in [5.41, 5.74) is 2.70. The number of aryl methyl sites for hydroxylation is 2. The third-order valence-electron chi connectivity index (χ3n) is 6.13. The fourth-order valence-electron chi connectivity index (χ4n) is 4.46. The van der Waals surface area contributed by atoms with Crippen molar-refractivity contribution in [1.82, 2.24) is 15.1 Å². The number of aromatic nitrogens is 2. The summed E-state index contributed by atoms with van der Waals surface area (Å²) < 4.78 is 23.0. The van der Waals surface area contributed by atoms with Gasteiger partial charge in [0.05, 0.1) is 34.1 Å². The third-order valence-corrected chi connectivity index (χ3v) is 6.13. The van der Waals surface area contributed by atoms with Gasteiger partial charge in [-0.15, -0.1) is 0 Å². The average molecular weight is 481 g/mol. The molecule has 0 saturated heterocycles. The van der Waals surface area contributed by atoms with Crippen LogP contribution in [0.1, 0.15) is 33.1 Å². The van der Waals surface area contributed by atoms with Crippen LogP contribution >= 0.6 is 0 Å². The Morgan fingerprint density at radius 1 is 1.00 bits per heavy atom. The molecule has 2 atom stereocenters. The smallest absolute Gasteiger partial charge is 0.252 e. The molecule has 0 bridgehead atoms. The van der Waals surface area contributed by atoms with Crippen molar-refractivity contribution in [3.63, 3.8) is 0 Å².